The molecule has 1 heterocycles. The summed E-state index contributed by atoms with van der Waals surface area (Å²) in [5.41, 5.74) is 5.53. The summed E-state index contributed by atoms with van der Waals surface area (Å²) < 4.78 is 29.5. The van der Waals surface area contributed by atoms with E-state index in [0.29, 0.717) is 31.1 Å². The molecule has 2 aromatic rings. The second-order valence-electron chi connectivity index (χ2n) is 7.93. The molecule has 0 unspecified atom stereocenters. The summed E-state index contributed by atoms with van der Waals surface area (Å²) in [5.74, 6) is 0.137. The normalized spacial score (nSPS) is 16.0. The van der Waals surface area contributed by atoms with Crippen molar-refractivity contribution in [3.05, 3.63) is 57.1 Å². The molecule has 0 amide bonds. The zero-order valence-electron chi connectivity index (χ0n) is 17.3. The molecule has 152 valence electrons. The fraction of sp³-hybridized carbons (Fsp3) is 0.455. The Morgan fingerprint density at radius 1 is 0.929 bits per heavy atom. The van der Waals surface area contributed by atoms with Crippen molar-refractivity contribution in [2.45, 2.75) is 45.4 Å². The van der Waals surface area contributed by atoms with Gasteiger partial charge in [0.1, 0.15) is 0 Å². The molecule has 1 saturated heterocycles. The number of halogens is 1. The van der Waals surface area contributed by atoms with Gasteiger partial charge in [-0.2, -0.15) is 4.31 Å². The average Bonchev–Trinajstić information content (AvgIpc) is 2.63. The maximum Gasteiger partial charge on any atom is 0.243 e. The topological polar surface area (TPSA) is 40.6 Å². The molecule has 0 bridgehead atoms. The Bertz CT molecular complexity index is 958. The molecule has 4 nitrogen and oxygen atoms in total. The largest absolute Gasteiger partial charge is 0.368 e. The maximum absolute atomic E-state index is 13.4. The van der Waals surface area contributed by atoms with Crippen molar-refractivity contribution < 1.29 is 8.42 Å². The van der Waals surface area contributed by atoms with E-state index in [1.54, 1.807) is 4.31 Å². The monoisotopic (exact) mass is 464 g/mol. The van der Waals surface area contributed by atoms with Crippen molar-refractivity contribution in [1.82, 2.24) is 4.31 Å². The Kier molecular flexibility index (Phi) is 6.23. The number of benzene rings is 2. The Labute approximate surface area is 177 Å². The van der Waals surface area contributed by atoms with Gasteiger partial charge in [0.25, 0.3) is 0 Å². The quantitative estimate of drug-likeness (QED) is 0.638. The van der Waals surface area contributed by atoms with Crippen LogP contribution in [0.1, 0.15) is 42.0 Å². The predicted molar refractivity (Wildman–Crippen MR) is 120 cm³/mol. The predicted octanol–water partition coefficient (Wildman–Crippen LogP) is 5.01. The lowest BCUT2D eigenvalue weighted by molar-refractivity contribution is 0.384. The van der Waals surface area contributed by atoms with E-state index in [0.717, 1.165) is 15.6 Å². The van der Waals surface area contributed by atoms with Crippen LogP contribution in [0, 0.1) is 20.8 Å². The first-order valence-corrected chi connectivity index (χ1v) is 12.0. The lowest BCUT2D eigenvalue weighted by Gasteiger charge is -2.37. The fourth-order valence-electron chi connectivity index (χ4n) is 3.94. The molecule has 28 heavy (non-hydrogen) atoms. The molecule has 0 spiro atoms. The van der Waals surface area contributed by atoms with Gasteiger partial charge in [0.05, 0.1) is 4.90 Å². The fourth-order valence-corrected chi connectivity index (χ4v) is 6.14. The van der Waals surface area contributed by atoms with E-state index >= 15 is 0 Å². The minimum absolute atomic E-state index is 0.137. The zero-order valence-corrected chi connectivity index (χ0v) is 19.7. The highest BCUT2D eigenvalue weighted by Crippen LogP contribution is 2.33. The molecule has 0 N–H and O–H groups in total. The van der Waals surface area contributed by atoms with Gasteiger partial charge in [0.2, 0.25) is 10.0 Å². The van der Waals surface area contributed by atoms with Crippen LogP contribution >= 0.6 is 15.9 Å². The third kappa shape index (κ3) is 4.00. The first-order chi connectivity index (χ1) is 13.1. The highest BCUT2D eigenvalue weighted by Gasteiger charge is 2.31. The van der Waals surface area contributed by atoms with Gasteiger partial charge in [-0.15, -0.1) is 0 Å². The van der Waals surface area contributed by atoms with Gasteiger partial charge in [-0.25, -0.2) is 8.42 Å². The Morgan fingerprint density at radius 3 is 2.04 bits per heavy atom. The summed E-state index contributed by atoms with van der Waals surface area (Å²) >= 11 is 3.54. The standard InChI is InChI=1S/C22H29BrN2O2S/c1-15(2)19-14-20(23)18(5)13-21(19)28(26,27)25-11-9-24(10-12-25)22-16(3)7-6-8-17(22)4/h6-8,13-15H,9-12H2,1-5H3. The van der Waals surface area contributed by atoms with Crippen molar-refractivity contribution in [2.75, 3.05) is 31.1 Å². The molecule has 0 atom stereocenters. The van der Waals surface area contributed by atoms with Crippen molar-refractivity contribution in [1.29, 1.82) is 0 Å². The number of para-hydroxylation sites is 1. The third-order valence-corrected chi connectivity index (χ3v) is 8.33. The molecule has 1 aliphatic heterocycles. The molecule has 0 saturated carbocycles. The molecule has 0 radical (unpaired) electrons. The maximum atomic E-state index is 13.4. The minimum atomic E-state index is -3.52. The number of anilines is 1. The molecule has 6 heteroatoms. The second-order valence-corrected chi connectivity index (χ2v) is 10.7. The number of aryl methyl sites for hydroxylation is 3. The van der Waals surface area contributed by atoms with Gasteiger partial charge in [-0.05, 0) is 61.1 Å². The first-order valence-electron chi connectivity index (χ1n) is 9.74. The summed E-state index contributed by atoms with van der Waals surface area (Å²) in [7, 11) is -3.52. The van der Waals surface area contributed by atoms with E-state index in [9.17, 15) is 8.42 Å². The van der Waals surface area contributed by atoms with Crippen LogP contribution in [-0.2, 0) is 10.0 Å². The molecule has 3 rings (SSSR count). The smallest absolute Gasteiger partial charge is 0.243 e. The van der Waals surface area contributed by atoms with Crippen LogP contribution in [0.2, 0.25) is 0 Å². The van der Waals surface area contributed by atoms with Crippen molar-refractivity contribution in [3.63, 3.8) is 0 Å². The van der Waals surface area contributed by atoms with Crippen molar-refractivity contribution >= 4 is 31.6 Å². The third-order valence-electron chi connectivity index (χ3n) is 5.53. The van der Waals surface area contributed by atoms with Crippen molar-refractivity contribution in [3.8, 4) is 0 Å². The van der Waals surface area contributed by atoms with Gasteiger partial charge < -0.3 is 4.90 Å². The lowest BCUT2D eigenvalue weighted by Crippen LogP contribution is -2.49. The molecule has 0 aliphatic carbocycles. The van der Waals surface area contributed by atoms with Crippen LogP contribution in [0.3, 0.4) is 0 Å². The Balaban J connectivity index is 1.87. The molecule has 0 aromatic heterocycles. The number of hydrogen-bond donors (Lipinski definition) is 0. The van der Waals surface area contributed by atoms with E-state index in [1.807, 2.05) is 32.9 Å². The molecule has 1 fully saturated rings. The summed E-state index contributed by atoms with van der Waals surface area (Å²) in [6.07, 6.45) is 0. The van der Waals surface area contributed by atoms with E-state index < -0.39 is 10.0 Å². The number of hydrogen-bond acceptors (Lipinski definition) is 3. The van der Waals surface area contributed by atoms with E-state index in [1.165, 1.54) is 16.8 Å². The lowest BCUT2D eigenvalue weighted by atomic mass is 10.0. The number of piperazine rings is 1. The molecule has 1 aliphatic rings. The highest BCUT2D eigenvalue weighted by atomic mass is 79.9. The van der Waals surface area contributed by atoms with Crippen LogP contribution in [0.15, 0.2) is 39.7 Å². The highest BCUT2D eigenvalue weighted by molar-refractivity contribution is 9.10. The average molecular weight is 465 g/mol. The van der Waals surface area contributed by atoms with Gasteiger partial charge in [0.15, 0.2) is 0 Å². The molecular weight excluding hydrogens is 436 g/mol. The van der Waals surface area contributed by atoms with Crippen molar-refractivity contribution in [2.24, 2.45) is 0 Å². The summed E-state index contributed by atoms with van der Waals surface area (Å²) in [6.45, 7) is 12.7. The Hall–Kier alpha value is -1.37. The number of rotatable bonds is 4. The number of nitrogens with zero attached hydrogens (tertiary/aromatic N) is 2. The summed E-state index contributed by atoms with van der Waals surface area (Å²) in [6, 6.07) is 10.1. The summed E-state index contributed by atoms with van der Waals surface area (Å²) in [4.78, 5) is 2.76. The van der Waals surface area contributed by atoms with Gasteiger partial charge in [-0.1, -0.05) is 48.0 Å². The van der Waals surface area contributed by atoms with Crippen LogP contribution < -0.4 is 4.90 Å². The van der Waals surface area contributed by atoms with Gasteiger partial charge >= 0.3 is 0 Å². The van der Waals surface area contributed by atoms with Gasteiger partial charge in [0, 0.05) is 36.3 Å². The van der Waals surface area contributed by atoms with Crippen LogP contribution in [-0.4, -0.2) is 38.9 Å². The molecule has 2 aromatic carbocycles. The minimum Gasteiger partial charge on any atom is -0.368 e. The Morgan fingerprint density at radius 2 is 1.50 bits per heavy atom. The zero-order chi connectivity index (χ0) is 20.6. The van der Waals surface area contributed by atoms with Crippen LogP contribution in [0.4, 0.5) is 5.69 Å². The van der Waals surface area contributed by atoms with E-state index in [-0.39, 0.29) is 5.92 Å². The van der Waals surface area contributed by atoms with E-state index in [2.05, 4.69) is 52.9 Å². The first kappa shape index (κ1) is 21.3. The summed E-state index contributed by atoms with van der Waals surface area (Å²) in [5, 5.41) is 0. The van der Waals surface area contributed by atoms with Crippen LogP contribution in [0.5, 0.6) is 0 Å². The van der Waals surface area contributed by atoms with Crippen LogP contribution in [0.25, 0.3) is 0 Å². The van der Waals surface area contributed by atoms with E-state index in [4.69, 9.17) is 0 Å². The SMILES string of the molecule is Cc1cc(S(=O)(=O)N2CCN(c3c(C)cccc3C)CC2)c(C(C)C)cc1Br. The second kappa shape index (κ2) is 8.17. The number of sulfonamides is 1. The van der Waals surface area contributed by atoms with Gasteiger partial charge in [-0.3, -0.25) is 0 Å². The molecular formula is C22H29BrN2O2S.